The Balaban J connectivity index is 2.21. The fraction of sp³-hybridized carbons (Fsp3) is 0.100. The highest BCUT2D eigenvalue weighted by Crippen LogP contribution is 2.27. The van der Waals surface area contributed by atoms with Crippen LogP contribution in [0.3, 0.4) is 0 Å². The van der Waals surface area contributed by atoms with Gasteiger partial charge in [0.15, 0.2) is 0 Å². The Morgan fingerprint density at radius 3 is 2.94 bits per heavy atom. The van der Waals surface area contributed by atoms with Crippen molar-refractivity contribution in [3.05, 3.63) is 28.5 Å². The number of nitrogens with zero attached hydrogens (tertiary/aromatic N) is 2. The predicted molar refractivity (Wildman–Crippen MR) is 69.4 cm³/mol. The van der Waals surface area contributed by atoms with E-state index < -0.39 is 5.91 Å². The Bertz CT molecular complexity index is 583. The van der Waals surface area contributed by atoms with Crippen LogP contribution in [0.1, 0.15) is 10.6 Å². The van der Waals surface area contributed by atoms with Crippen LogP contribution in [-0.4, -0.2) is 28.2 Å². The number of aromatic nitrogens is 3. The second-order valence-corrected chi connectivity index (χ2v) is 4.20. The largest absolute Gasteiger partial charge is 0.497 e. The van der Waals surface area contributed by atoms with Gasteiger partial charge in [-0.15, -0.1) is 5.10 Å². The average Bonchev–Trinajstić information content (AvgIpc) is 2.79. The number of amides is 1. The first-order chi connectivity index (χ1) is 8.60. The van der Waals surface area contributed by atoms with Gasteiger partial charge in [-0.3, -0.25) is 9.89 Å². The van der Waals surface area contributed by atoms with E-state index in [4.69, 9.17) is 10.5 Å². The molecule has 8 heteroatoms. The van der Waals surface area contributed by atoms with Gasteiger partial charge in [0.05, 0.1) is 12.8 Å². The van der Waals surface area contributed by atoms with Gasteiger partial charge >= 0.3 is 0 Å². The Hall–Kier alpha value is -2.09. The molecule has 0 aliphatic heterocycles. The molecule has 0 aliphatic carbocycles. The van der Waals surface area contributed by atoms with Gasteiger partial charge in [0.2, 0.25) is 11.8 Å². The summed E-state index contributed by atoms with van der Waals surface area (Å²) in [6.07, 6.45) is 0. The molecule has 0 unspecified atom stereocenters. The number of nitrogens with two attached hydrogens (primary N) is 1. The van der Waals surface area contributed by atoms with Crippen LogP contribution >= 0.6 is 15.9 Å². The number of halogens is 1. The molecule has 1 amide bonds. The lowest BCUT2D eigenvalue weighted by Gasteiger charge is -2.07. The first kappa shape index (κ1) is 12.4. The number of benzene rings is 1. The van der Waals surface area contributed by atoms with Crippen LogP contribution in [0.25, 0.3) is 0 Å². The number of hydrogen-bond acceptors (Lipinski definition) is 5. The van der Waals surface area contributed by atoms with Gasteiger partial charge in [0, 0.05) is 10.5 Å². The van der Waals surface area contributed by atoms with Crippen molar-refractivity contribution < 1.29 is 9.53 Å². The molecule has 94 valence electrons. The second kappa shape index (κ2) is 5.05. The molecule has 0 bridgehead atoms. The van der Waals surface area contributed by atoms with Crippen molar-refractivity contribution in [2.45, 2.75) is 0 Å². The third-order valence-corrected chi connectivity index (χ3v) is 2.83. The predicted octanol–water partition coefficient (Wildman–Crippen LogP) is 1.41. The van der Waals surface area contributed by atoms with Crippen LogP contribution in [-0.2, 0) is 0 Å². The highest BCUT2D eigenvalue weighted by atomic mass is 79.9. The number of anilines is 2. The van der Waals surface area contributed by atoms with Gasteiger partial charge in [-0.1, -0.05) is 0 Å². The van der Waals surface area contributed by atoms with E-state index >= 15 is 0 Å². The van der Waals surface area contributed by atoms with E-state index in [1.807, 2.05) is 0 Å². The van der Waals surface area contributed by atoms with Gasteiger partial charge < -0.3 is 15.8 Å². The minimum absolute atomic E-state index is 0.0184. The van der Waals surface area contributed by atoms with E-state index in [-0.39, 0.29) is 11.8 Å². The van der Waals surface area contributed by atoms with Crippen molar-refractivity contribution in [3.8, 4) is 5.75 Å². The van der Waals surface area contributed by atoms with Crippen molar-refractivity contribution in [1.82, 2.24) is 15.2 Å². The summed E-state index contributed by atoms with van der Waals surface area (Å²) in [6, 6.07) is 5.22. The average molecular weight is 312 g/mol. The van der Waals surface area contributed by atoms with E-state index in [0.717, 1.165) is 4.47 Å². The Morgan fingerprint density at radius 1 is 1.56 bits per heavy atom. The van der Waals surface area contributed by atoms with Gasteiger partial charge in [0.1, 0.15) is 5.75 Å². The first-order valence-corrected chi connectivity index (χ1v) is 5.72. The van der Waals surface area contributed by atoms with Gasteiger partial charge in [-0.05, 0) is 28.1 Å². The van der Waals surface area contributed by atoms with Crippen LogP contribution < -0.4 is 15.8 Å². The highest BCUT2D eigenvalue weighted by molar-refractivity contribution is 9.10. The third-order valence-electron chi connectivity index (χ3n) is 2.14. The lowest BCUT2D eigenvalue weighted by Crippen LogP contribution is -2.14. The lowest BCUT2D eigenvalue weighted by molar-refractivity contribution is 0.101. The van der Waals surface area contributed by atoms with Crippen molar-refractivity contribution in [2.24, 2.45) is 0 Å². The van der Waals surface area contributed by atoms with Crippen LogP contribution in [0.2, 0.25) is 0 Å². The molecule has 0 atom stereocenters. The highest BCUT2D eigenvalue weighted by Gasteiger charge is 2.12. The summed E-state index contributed by atoms with van der Waals surface area (Å²) < 4.78 is 5.80. The summed E-state index contributed by atoms with van der Waals surface area (Å²) in [7, 11) is 1.55. The standard InChI is InChI=1S/C10H10BrN5O2/c1-18-5-2-3-6(11)7(4-5)13-9(17)8-14-10(12)16-15-8/h2-4H,1H3,(H,13,17)(H3,12,14,15,16). The first-order valence-electron chi connectivity index (χ1n) is 4.93. The van der Waals surface area contributed by atoms with Crippen molar-refractivity contribution in [3.63, 3.8) is 0 Å². The molecular weight excluding hydrogens is 302 g/mol. The number of nitrogen functional groups attached to an aromatic ring is 1. The number of H-pyrrole nitrogens is 1. The van der Waals surface area contributed by atoms with Gasteiger partial charge in [-0.25, -0.2) is 0 Å². The molecule has 0 aliphatic rings. The smallest absolute Gasteiger partial charge is 0.293 e. The van der Waals surface area contributed by atoms with Crippen LogP contribution in [0.4, 0.5) is 11.6 Å². The maximum Gasteiger partial charge on any atom is 0.293 e. The molecule has 1 aromatic heterocycles. The molecule has 0 saturated carbocycles. The van der Waals surface area contributed by atoms with Gasteiger partial charge in [-0.2, -0.15) is 4.98 Å². The van der Waals surface area contributed by atoms with E-state index in [2.05, 4.69) is 36.4 Å². The molecule has 0 spiro atoms. The van der Waals surface area contributed by atoms with Crippen LogP contribution in [0, 0.1) is 0 Å². The maximum absolute atomic E-state index is 11.8. The number of nitrogens with one attached hydrogen (secondary N) is 2. The van der Waals surface area contributed by atoms with E-state index in [0.29, 0.717) is 11.4 Å². The third kappa shape index (κ3) is 2.59. The Labute approximate surface area is 111 Å². The number of methoxy groups -OCH3 is 1. The van der Waals surface area contributed by atoms with E-state index in [9.17, 15) is 4.79 Å². The monoisotopic (exact) mass is 311 g/mol. The molecule has 1 aromatic carbocycles. The minimum Gasteiger partial charge on any atom is -0.497 e. The number of ether oxygens (including phenoxy) is 1. The van der Waals surface area contributed by atoms with E-state index in [1.165, 1.54) is 0 Å². The van der Waals surface area contributed by atoms with Crippen molar-refractivity contribution in [2.75, 3.05) is 18.2 Å². The molecule has 4 N–H and O–H groups in total. The summed E-state index contributed by atoms with van der Waals surface area (Å²) in [4.78, 5) is 15.5. The quantitative estimate of drug-likeness (QED) is 0.794. The summed E-state index contributed by atoms with van der Waals surface area (Å²) in [6.45, 7) is 0. The molecule has 0 saturated heterocycles. The van der Waals surface area contributed by atoms with Crippen LogP contribution in [0.15, 0.2) is 22.7 Å². The fourth-order valence-corrected chi connectivity index (χ4v) is 1.63. The molecule has 7 nitrogen and oxygen atoms in total. The molecule has 2 aromatic rings. The van der Waals surface area contributed by atoms with E-state index in [1.54, 1.807) is 25.3 Å². The SMILES string of the molecule is COc1ccc(Br)c(NC(=O)c2nc(N)n[nH]2)c1. The Morgan fingerprint density at radius 2 is 2.33 bits per heavy atom. The summed E-state index contributed by atoms with van der Waals surface area (Å²) in [5.41, 5.74) is 5.89. The second-order valence-electron chi connectivity index (χ2n) is 3.34. The molecule has 18 heavy (non-hydrogen) atoms. The van der Waals surface area contributed by atoms with Gasteiger partial charge in [0.25, 0.3) is 5.91 Å². The number of carbonyl (C=O) groups excluding carboxylic acids is 1. The lowest BCUT2D eigenvalue weighted by atomic mass is 10.3. The Kier molecular flexibility index (Phi) is 3.47. The summed E-state index contributed by atoms with van der Waals surface area (Å²) in [5, 5.41) is 8.67. The normalized spacial score (nSPS) is 10.1. The molecule has 1 heterocycles. The van der Waals surface area contributed by atoms with Crippen molar-refractivity contribution in [1.29, 1.82) is 0 Å². The summed E-state index contributed by atoms with van der Waals surface area (Å²) >= 11 is 3.32. The number of aromatic amines is 1. The zero-order valence-corrected chi connectivity index (χ0v) is 11.0. The number of hydrogen-bond donors (Lipinski definition) is 3. The topological polar surface area (TPSA) is 106 Å². The van der Waals surface area contributed by atoms with Crippen LogP contribution in [0.5, 0.6) is 5.75 Å². The zero-order valence-electron chi connectivity index (χ0n) is 9.40. The molecular formula is C10H10BrN5O2. The van der Waals surface area contributed by atoms with Crippen molar-refractivity contribution >= 4 is 33.5 Å². The maximum atomic E-state index is 11.8. The fourth-order valence-electron chi connectivity index (χ4n) is 1.28. The zero-order chi connectivity index (χ0) is 13.1. The molecule has 2 rings (SSSR count). The molecule has 0 radical (unpaired) electrons. The minimum atomic E-state index is -0.437. The number of carbonyl (C=O) groups is 1. The summed E-state index contributed by atoms with van der Waals surface area (Å²) in [5.74, 6) is 0.255. The molecule has 0 fully saturated rings. The number of rotatable bonds is 3.